The number of piperazine rings is 1. The highest BCUT2D eigenvalue weighted by atomic mass is 32.2. The van der Waals surface area contributed by atoms with Crippen molar-refractivity contribution >= 4 is 16.0 Å². The number of carboxylic acids is 1. The number of hydrogen-bond acceptors (Lipinski definition) is 5. The number of nitrogens with zero attached hydrogens (tertiary/aromatic N) is 2. The lowest BCUT2D eigenvalue weighted by atomic mass is 10.2. The Balaban J connectivity index is 2.51. The summed E-state index contributed by atoms with van der Waals surface area (Å²) < 4.78 is 29.9. The van der Waals surface area contributed by atoms with Crippen molar-refractivity contribution < 1.29 is 23.1 Å². The minimum atomic E-state index is -3.28. The molecule has 8 heteroatoms. The molecule has 0 aliphatic carbocycles. The fourth-order valence-corrected chi connectivity index (χ4v) is 3.20. The van der Waals surface area contributed by atoms with Gasteiger partial charge in [0.05, 0.1) is 12.4 Å². The second-order valence-corrected chi connectivity index (χ2v) is 6.35. The van der Waals surface area contributed by atoms with Crippen LogP contribution >= 0.6 is 0 Å². The second kappa shape index (κ2) is 6.46. The molecule has 0 amide bonds. The lowest BCUT2D eigenvalue weighted by Crippen LogP contribution is -2.53. The van der Waals surface area contributed by atoms with Crippen molar-refractivity contribution in [2.24, 2.45) is 0 Å². The largest absolute Gasteiger partial charge is 0.480 e. The van der Waals surface area contributed by atoms with Gasteiger partial charge in [-0.15, -0.1) is 0 Å². The first kappa shape index (κ1) is 15.4. The summed E-state index contributed by atoms with van der Waals surface area (Å²) in [5.41, 5.74) is 0. The first-order valence-corrected chi connectivity index (χ1v) is 7.43. The van der Waals surface area contributed by atoms with Gasteiger partial charge >= 0.3 is 5.97 Å². The molecule has 1 N–H and O–H groups in total. The quantitative estimate of drug-likeness (QED) is 0.675. The lowest BCUT2D eigenvalue weighted by Gasteiger charge is -2.35. The maximum absolute atomic E-state index is 11.9. The Bertz CT molecular complexity index is 376. The lowest BCUT2D eigenvalue weighted by molar-refractivity contribution is -0.143. The molecule has 1 fully saturated rings. The molecule has 0 aromatic rings. The third-order valence-corrected chi connectivity index (χ3v) is 4.95. The van der Waals surface area contributed by atoms with Crippen LogP contribution in [0.3, 0.4) is 0 Å². The van der Waals surface area contributed by atoms with Gasteiger partial charge in [0, 0.05) is 33.3 Å². The summed E-state index contributed by atoms with van der Waals surface area (Å²) in [6.45, 7) is 3.35. The highest BCUT2D eigenvalue weighted by molar-refractivity contribution is 7.89. The molecular formula is C10H20N2O5S. The molecule has 1 unspecified atom stereocenters. The molecule has 1 aliphatic heterocycles. The Kier molecular flexibility index (Phi) is 5.51. The highest BCUT2D eigenvalue weighted by Crippen LogP contribution is 2.10. The third-order valence-electron chi connectivity index (χ3n) is 3.12. The minimum absolute atomic E-state index is 0.0298. The van der Waals surface area contributed by atoms with Crippen molar-refractivity contribution in [3.8, 4) is 0 Å². The van der Waals surface area contributed by atoms with Crippen molar-refractivity contribution in [2.45, 2.75) is 13.0 Å². The van der Waals surface area contributed by atoms with Crippen LogP contribution in [0.15, 0.2) is 0 Å². The molecule has 106 valence electrons. The van der Waals surface area contributed by atoms with E-state index in [0.29, 0.717) is 26.2 Å². The summed E-state index contributed by atoms with van der Waals surface area (Å²) >= 11 is 0. The normalized spacial score (nSPS) is 20.8. The number of sulfonamides is 1. The van der Waals surface area contributed by atoms with Crippen molar-refractivity contribution in [1.29, 1.82) is 0 Å². The monoisotopic (exact) mass is 280 g/mol. The van der Waals surface area contributed by atoms with E-state index in [4.69, 9.17) is 9.84 Å². The molecule has 7 nitrogen and oxygen atoms in total. The number of ether oxygens (including phenoxy) is 1. The van der Waals surface area contributed by atoms with Crippen LogP contribution in [0, 0.1) is 0 Å². The van der Waals surface area contributed by atoms with Crippen molar-refractivity contribution in [3.63, 3.8) is 0 Å². The molecule has 0 bridgehead atoms. The van der Waals surface area contributed by atoms with E-state index >= 15 is 0 Å². The molecule has 0 spiro atoms. The summed E-state index contributed by atoms with van der Waals surface area (Å²) in [6.07, 6.45) is 0. The van der Waals surface area contributed by atoms with E-state index in [2.05, 4.69) is 0 Å². The standard InChI is InChI=1S/C10H20N2O5S/c1-9(10(13)14)11-3-5-12(6-4-11)18(15,16)8-7-17-2/h9H,3-8H2,1-2H3,(H,13,14). The molecule has 1 rings (SSSR count). The summed E-state index contributed by atoms with van der Waals surface area (Å²) in [7, 11) is -1.82. The first-order valence-electron chi connectivity index (χ1n) is 5.82. The molecule has 1 heterocycles. The minimum Gasteiger partial charge on any atom is -0.480 e. The van der Waals surface area contributed by atoms with Crippen LogP contribution in [0.5, 0.6) is 0 Å². The Morgan fingerprint density at radius 3 is 2.33 bits per heavy atom. The number of carbonyl (C=O) groups is 1. The first-order chi connectivity index (χ1) is 8.38. The summed E-state index contributed by atoms with van der Waals surface area (Å²) in [5.74, 6) is -0.913. The summed E-state index contributed by atoms with van der Waals surface area (Å²) in [5, 5.41) is 8.89. The van der Waals surface area contributed by atoms with E-state index in [9.17, 15) is 13.2 Å². The molecule has 0 aromatic heterocycles. The average molecular weight is 280 g/mol. The van der Waals surface area contributed by atoms with Crippen molar-refractivity contribution in [1.82, 2.24) is 9.21 Å². The van der Waals surface area contributed by atoms with Crippen LogP contribution in [0.4, 0.5) is 0 Å². The van der Waals surface area contributed by atoms with E-state index in [1.165, 1.54) is 11.4 Å². The molecular weight excluding hydrogens is 260 g/mol. The van der Waals surface area contributed by atoms with Crippen LogP contribution < -0.4 is 0 Å². The zero-order valence-corrected chi connectivity index (χ0v) is 11.5. The maximum Gasteiger partial charge on any atom is 0.320 e. The highest BCUT2D eigenvalue weighted by Gasteiger charge is 2.30. The van der Waals surface area contributed by atoms with E-state index in [0.717, 1.165) is 0 Å². The fraction of sp³-hybridized carbons (Fsp3) is 0.900. The number of rotatable bonds is 6. The van der Waals surface area contributed by atoms with Gasteiger partial charge in [-0.3, -0.25) is 9.69 Å². The maximum atomic E-state index is 11.9. The molecule has 0 saturated carbocycles. The SMILES string of the molecule is COCCS(=O)(=O)N1CCN(C(C)C(=O)O)CC1. The van der Waals surface area contributed by atoms with Crippen LogP contribution in [0.1, 0.15) is 6.92 Å². The van der Waals surface area contributed by atoms with Gasteiger partial charge < -0.3 is 9.84 Å². The summed E-state index contributed by atoms with van der Waals surface area (Å²) in [6, 6.07) is -0.575. The van der Waals surface area contributed by atoms with Crippen molar-refractivity contribution in [2.75, 3.05) is 45.6 Å². The molecule has 1 atom stereocenters. The zero-order chi connectivity index (χ0) is 13.8. The Morgan fingerprint density at radius 1 is 1.33 bits per heavy atom. The Hall–Kier alpha value is -0.700. The molecule has 1 saturated heterocycles. The number of carboxylic acid groups (broad SMARTS) is 1. The van der Waals surface area contributed by atoms with E-state index in [1.54, 1.807) is 11.8 Å². The van der Waals surface area contributed by atoms with Gasteiger partial charge in [0.25, 0.3) is 0 Å². The van der Waals surface area contributed by atoms with Gasteiger partial charge in [-0.1, -0.05) is 0 Å². The van der Waals surface area contributed by atoms with Crippen LogP contribution in [-0.4, -0.2) is 80.4 Å². The fourth-order valence-electron chi connectivity index (χ4n) is 1.84. The van der Waals surface area contributed by atoms with Gasteiger partial charge in [-0.2, -0.15) is 4.31 Å². The molecule has 0 aromatic carbocycles. The number of hydrogen-bond donors (Lipinski definition) is 1. The molecule has 18 heavy (non-hydrogen) atoms. The topological polar surface area (TPSA) is 87.2 Å². The van der Waals surface area contributed by atoms with E-state index in [-0.39, 0.29) is 12.4 Å². The predicted octanol–water partition coefficient (Wildman–Crippen LogP) is -0.947. The number of aliphatic carboxylic acids is 1. The second-order valence-electron chi connectivity index (χ2n) is 4.26. The smallest absolute Gasteiger partial charge is 0.320 e. The Morgan fingerprint density at radius 2 is 1.89 bits per heavy atom. The van der Waals surface area contributed by atoms with Gasteiger partial charge in [0.1, 0.15) is 6.04 Å². The van der Waals surface area contributed by atoms with E-state index in [1.807, 2.05) is 0 Å². The van der Waals surface area contributed by atoms with E-state index < -0.39 is 22.0 Å². The zero-order valence-electron chi connectivity index (χ0n) is 10.7. The third kappa shape index (κ3) is 3.91. The summed E-state index contributed by atoms with van der Waals surface area (Å²) in [4.78, 5) is 12.6. The molecule has 1 aliphatic rings. The Labute approximate surface area is 107 Å². The average Bonchev–Trinajstić information content (AvgIpc) is 2.35. The van der Waals surface area contributed by atoms with Crippen LogP contribution in [0.25, 0.3) is 0 Å². The van der Waals surface area contributed by atoms with Crippen LogP contribution in [0.2, 0.25) is 0 Å². The van der Waals surface area contributed by atoms with Crippen LogP contribution in [-0.2, 0) is 19.6 Å². The van der Waals surface area contributed by atoms with Gasteiger partial charge in [0.2, 0.25) is 10.0 Å². The van der Waals surface area contributed by atoms with Gasteiger partial charge in [-0.05, 0) is 6.92 Å². The van der Waals surface area contributed by atoms with Gasteiger partial charge in [-0.25, -0.2) is 8.42 Å². The predicted molar refractivity (Wildman–Crippen MR) is 65.9 cm³/mol. The number of methoxy groups -OCH3 is 1. The van der Waals surface area contributed by atoms with Crippen molar-refractivity contribution in [3.05, 3.63) is 0 Å². The van der Waals surface area contributed by atoms with Gasteiger partial charge in [0.15, 0.2) is 0 Å². The molecule has 0 radical (unpaired) electrons.